The summed E-state index contributed by atoms with van der Waals surface area (Å²) >= 11 is 0. The number of hydrogen-bond acceptors (Lipinski definition) is 4. The topological polar surface area (TPSA) is 104 Å². The largest absolute Gasteiger partial charge is 0.507 e. The summed E-state index contributed by atoms with van der Waals surface area (Å²) in [6.07, 6.45) is 0. The van der Waals surface area contributed by atoms with Crippen molar-refractivity contribution in [2.45, 2.75) is 4.90 Å². The first kappa shape index (κ1) is 19.3. The third kappa shape index (κ3) is 3.79. The quantitative estimate of drug-likeness (QED) is 0.598. The van der Waals surface area contributed by atoms with Crippen molar-refractivity contribution < 1.29 is 32.2 Å². The van der Waals surface area contributed by atoms with Crippen molar-refractivity contribution in [1.29, 1.82) is 0 Å². The van der Waals surface area contributed by atoms with Crippen LogP contribution in [0.15, 0.2) is 65.6 Å². The lowest BCUT2D eigenvalue weighted by molar-refractivity contribution is 0.0693. The molecule has 0 fully saturated rings. The van der Waals surface area contributed by atoms with E-state index in [0.29, 0.717) is 0 Å². The maximum Gasteiger partial charge on any atom is 0.339 e. The maximum atomic E-state index is 14.0. The average molecular weight is 405 g/mol. The number of rotatable bonds is 5. The van der Waals surface area contributed by atoms with E-state index >= 15 is 0 Å². The number of aromatic carboxylic acids is 1. The summed E-state index contributed by atoms with van der Waals surface area (Å²) in [4.78, 5) is 10.6. The molecule has 144 valence electrons. The van der Waals surface area contributed by atoms with Crippen molar-refractivity contribution in [2.75, 3.05) is 4.72 Å². The van der Waals surface area contributed by atoms with Crippen LogP contribution >= 0.6 is 0 Å². The van der Waals surface area contributed by atoms with Gasteiger partial charge in [0.05, 0.1) is 16.1 Å². The highest BCUT2D eigenvalue weighted by molar-refractivity contribution is 7.92. The van der Waals surface area contributed by atoms with Crippen LogP contribution in [0, 0.1) is 11.6 Å². The maximum absolute atomic E-state index is 14.0. The van der Waals surface area contributed by atoms with E-state index in [1.165, 1.54) is 30.3 Å². The summed E-state index contributed by atoms with van der Waals surface area (Å²) < 4.78 is 55.3. The predicted molar refractivity (Wildman–Crippen MR) is 97.7 cm³/mol. The molecule has 0 spiro atoms. The monoisotopic (exact) mass is 405 g/mol. The van der Waals surface area contributed by atoms with Crippen LogP contribution in [0.4, 0.5) is 14.5 Å². The summed E-state index contributed by atoms with van der Waals surface area (Å²) in [5, 5.41) is 18.6. The number of halogens is 2. The Morgan fingerprint density at radius 2 is 1.57 bits per heavy atom. The fourth-order valence-electron chi connectivity index (χ4n) is 2.58. The van der Waals surface area contributed by atoms with Gasteiger partial charge in [-0.3, -0.25) is 4.72 Å². The zero-order valence-corrected chi connectivity index (χ0v) is 14.9. The van der Waals surface area contributed by atoms with Gasteiger partial charge in [0.15, 0.2) is 0 Å². The molecule has 0 aromatic heterocycles. The molecule has 0 aliphatic heterocycles. The smallest absolute Gasteiger partial charge is 0.339 e. The summed E-state index contributed by atoms with van der Waals surface area (Å²) in [5.74, 6) is -3.66. The Hall–Kier alpha value is -3.46. The van der Waals surface area contributed by atoms with Gasteiger partial charge in [0.25, 0.3) is 10.0 Å². The molecular formula is C19H13F2NO5S. The molecular weight excluding hydrogens is 392 g/mol. The van der Waals surface area contributed by atoms with E-state index in [1.807, 2.05) is 0 Å². The van der Waals surface area contributed by atoms with E-state index in [4.69, 9.17) is 5.11 Å². The molecule has 0 saturated heterocycles. The van der Waals surface area contributed by atoms with Crippen molar-refractivity contribution in [3.63, 3.8) is 0 Å². The van der Waals surface area contributed by atoms with Gasteiger partial charge >= 0.3 is 5.97 Å². The molecule has 0 bridgehead atoms. The molecule has 3 rings (SSSR count). The summed E-state index contributed by atoms with van der Waals surface area (Å²) in [5.41, 5.74) is -0.796. The number of aromatic hydroxyl groups is 1. The van der Waals surface area contributed by atoms with Gasteiger partial charge in [-0.15, -0.1) is 0 Å². The standard InChI is InChI=1S/C19H13F2NO5S/c20-15-5-2-6-16(21)18(15)11-3-1-4-13(9-11)28(26,27)22-12-7-8-14(19(24)25)17(23)10-12/h1-10,22-23H,(H,24,25). The highest BCUT2D eigenvalue weighted by Gasteiger charge is 2.19. The lowest BCUT2D eigenvalue weighted by Gasteiger charge is -2.11. The SMILES string of the molecule is O=C(O)c1ccc(NS(=O)(=O)c2cccc(-c3c(F)cccc3F)c2)cc1O. The lowest BCUT2D eigenvalue weighted by Crippen LogP contribution is -2.13. The molecule has 0 atom stereocenters. The van der Waals surface area contributed by atoms with Crippen molar-refractivity contribution in [2.24, 2.45) is 0 Å². The molecule has 3 N–H and O–H groups in total. The Morgan fingerprint density at radius 3 is 2.18 bits per heavy atom. The Kier molecular flexibility index (Phi) is 5.02. The van der Waals surface area contributed by atoms with Gasteiger partial charge in [0.1, 0.15) is 22.9 Å². The molecule has 0 saturated carbocycles. The van der Waals surface area contributed by atoms with E-state index in [1.54, 1.807) is 0 Å². The molecule has 3 aromatic rings. The van der Waals surface area contributed by atoms with E-state index < -0.39 is 33.4 Å². The zero-order chi connectivity index (χ0) is 20.5. The van der Waals surface area contributed by atoms with Crippen molar-refractivity contribution in [3.05, 3.63) is 77.9 Å². The first-order valence-corrected chi connectivity index (χ1v) is 9.31. The first-order valence-electron chi connectivity index (χ1n) is 7.82. The second-order valence-electron chi connectivity index (χ2n) is 5.77. The highest BCUT2D eigenvalue weighted by atomic mass is 32.2. The summed E-state index contributed by atoms with van der Waals surface area (Å²) in [7, 11) is -4.17. The second-order valence-corrected chi connectivity index (χ2v) is 7.45. The Morgan fingerprint density at radius 1 is 0.929 bits per heavy atom. The molecule has 0 unspecified atom stereocenters. The van der Waals surface area contributed by atoms with Gasteiger partial charge < -0.3 is 10.2 Å². The van der Waals surface area contributed by atoms with Gasteiger partial charge in [-0.05, 0) is 42.0 Å². The molecule has 6 nitrogen and oxygen atoms in total. The van der Waals surface area contributed by atoms with Crippen molar-refractivity contribution in [3.8, 4) is 16.9 Å². The van der Waals surface area contributed by atoms with Crippen LogP contribution < -0.4 is 4.72 Å². The normalized spacial score (nSPS) is 11.2. The number of carboxylic acid groups (broad SMARTS) is 1. The van der Waals surface area contributed by atoms with E-state index in [-0.39, 0.29) is 27.3 Å². The lowest BCUT2D eigenvalue weighted by atomic mass is 10.0. The van der Waals surface area contributed by atoms with Crippen LogP contribution in [0.5, 0.6) is 5.75 Å². The summed E-state index contributed by atoms with van der Waals surface area (Å²) in [6.45, 7) is 0. The molecule has 28 heavy (non-hydrogen) atoms. The number of benzene rings is 3. The molecule has 9 heteroatoms. The van der Waals surface area contributed by atoms with Crippen LogP contribution in [0.2, 0.25) is 0 Å². The van der Waals surface area contributed by atoms with Crippen molar-refractivity contribution in [1.82, 2.24) is 0 Å². The Labute approximate surface area is 158 Å². The third-order valence-corrected chi connectivity index (χ3v) is 5.26. The van der Waals surface area contributed by atoms with E-state index in [9.17, 15) is 27.1 Å². The van der Waals surface area contributed by atoms with Gasteiger partial charge in [0, 0.05) is 6.07 Å². The minimum atomic E-state index is -4.17. The molecule has 0 aliphatic rings. The van der Waals surface area contributed by atoms with Crippen LogP contribution in [-0.4, -0.2) is 24.6 Å². The minimum Gasteiger partial charge on any atom is -0.507 e. The fraction of sp³-hybridized carbons (Fsp3) is 0. The highest BCUT2D eigenvalue weighted by Crippen LogP contribution is 2.29. The van der Waals surface area contributed by atoms with Crippen LogP contribution in [0.25, 0.3) is 11.1 Å². The number of carboxylic acids is 1. The Bertz CT molecular complexity index is 1160. The molecule has 0 radical (unpaired) electrons. The molecule has 0 heterocycles. The summed E-state index contributed by atoms with van der Waals surface area (Å²) in [6, 6.07) is 11.5. The molecule has 0 aliphatic carbocycles. The van der Waals surface area contributed by atoms with Gasteiger partial charge in [0.2, 0.25) is 0 Å². The molecule has 3 aromatic carbocycles. The van der Waals surface area contributed by atoms with Gasteiger partial charge in [-0.25, -0.2) is 22.0 Å². The van der Waals surface area contributed by atoms with Crippen LogP contribution in [0.1, 0.15) is 10.4 Å². The number of hydrogen-bond donors (Lipinski definition) is 3. The Balaban J connectivity index is 1.97. The van der Waals surface area contributed by atoms with Gasteiger partial charge in [-0.1, -0.05) is 18.2 Å². The number of anilines is 1. The minimum absolute atomic E-state index is 0.0301. The first-order chi connectivity index (χ1) is 13.2. The average Bonchev–Trinajstić information content (AvgIpc) is 2.61. The van der Waals surface area contributed by atoms with E-state index in [2.05, 4.69) is 4.72 Å². The fourth-order valence-corrected chi connectivity index (χ4v) is 3.68. The van der Waals surface area contributed by atoms with E-state index in [0.717, 1.165) is 30.3 Å². The van der Waals surface area contributed by atoms with Crippen LogP contribution in [0.3, 0.4) is 0 Å². The zero-order valence-electron chi connectivity index (χ0n) is 14.1. The third-order valence-electron chi connectivity index (χ3n) is 3.88. The number of sulfonamides is 1. The van der Waals surface area contributed by atoms with Crippen molar-refractivity contribution >= 4 is 21.7 Å². The predicted octanol–water partition coefficient (Wildman–Crippen LogP) is 3.84. The van der Waals surface area contributed by atoms with Gasteiger partial charge in [-0.2, -0.15) is 0 Å². The number of phenols is 1. The van der Waals surface area contributed by atoms with Crippen LogP contribution in [-0.2, 0) is 10.0 Å². The molecule has 0 amide bonds. The second kappa shape index (κ2) is 7.28. The number of nitrogens with one attached hydrogen (secondary N) is 1. The number of carbonyl (C=O) groups is 1.